The molecule has 1 saturated heterocycles. The topological polar surface area (TPSA) is 279 Å². The summed E-state index contributed by atoms with van der Waals surface area (Å²) >= 11 is 0. The predicted molar refractivity (Wildman–Crippen MR) is 324 cm³/mol. The van der Waals surface area contributed by atoms with E-state index >= 15 is 9.59 Å². The summed E-state index contributed by atoms with van der Waals surface area (Å²) in [5.74, 6) is -10.1. The molecule has 0 radical (unpaired) electrons. The van der Waals surface area contributed by atoms with Gasteiger partial charge in [0.2, 0.25) is 65.0 Å². The van der Waals surface area contributed by atoms with E-state index in [0.717, 1.165) is 9.80 Å². The molecule has 0 aromatic carbocycles. The Morgan fingerprint density at radius 3 is 1.35 bits per heavy atom. The highest BCUT2D eigenvalue weighted by Crippen LogP contribution is 2.25. The molecular weight excluding hydrogens is 1080 g/mol. The van der Waals surface area contributed by atoms with Crippen LogP contribution in [-0.4, -0.2) is 227 Å². The summed E-state index contributed by atoms with van der Waals surface area (Å²) in [6, 6.07) is -12.4. The normalized spacial score (nSPS) is 27.1. The third-order valence-electron chi connectivity index (χ3n) is 15.9. The van der Waals surface area contributed by atoms with Crippen LogP contribution in [0.5, 0.6) is 0 Å². The first-order valence-corrected chi connectivity index (χ1v) is 30.1. The van der Waals surface area contributed by atoms with Gasteiger partial charge in [0.05, 0.1) is 12.6 Å². The van der Waals surface area contributed by atoms with Crippen LogP contribution in [0.3, 0.4) is 0 Å². The second kappa shape index (κ2) is 34.1. The van der Waals surface area contributed by atoms with E-state index in [4.69, 9.17) is 0 Å². The lowest BCUT2D eigenvalue weighted by Gasteiger charge is -2.41. The Kier molecular flexibility index (Phi) is 30.8. The van der Waals surface area contributed by atoms with Crippen LogP contribution in [0.15, 0.2) is 12.2 Å². The van der Waals surface area contributed by atoms with Gasteiger partial charge in [0.25, 0.3) is 0 Å². The largest absolute Gasteiger partial charge is 0.390 e. The summed E-state index contributed by atoms with van der Waals surface area (Å²) in [5, 5.41) is 23.0. The van der Waals surface area contributed by atoms with Crippen molar-refractivity contribution in [1.29, 1.82) is 0 Å². The summed E-state index contributed by atoms with van der Waals surface area (Å²) in [4.78, 5) is 168. The Balaban J connectivity index is 4.30. The molecule has 1 aliphatic heterocycles. The lowest BCUT2D eigenvalue weighted by atomic mass is 9.91. The van der Waals surface area contributed by atoms with Crippen LogP contribution in [0.2, 0.25) is 0 Å². The zero-order valence-electron chi connectivity index (χ0n) is 55.4. The third-order valence-corrected chi connectivity index (χ3v) is 15.9. The molecule has 0 aromatic rings. The molecule has 0 unspecified atom stereocenters. The molecule has 23 heteroatoms. The summed E-state index contributed by atoms with van der Waals surface area (Å²) in [5.41, 5.74) is 0. The Bertz CT molecular complexity index is 2310. The summed E-state index contributed by atoms with van der Waals surface area (Å²) in [7, 11) is 9.88. The smallest absolute Gasteiger partial charge is 0.246 e. The molecule has 1 heterocycles. The van der Waals surface area contributed by atoms with Crippen LogP contribution < -0.4 is 21.3 Å². The van der Waals surface area contributed by atoms with Gasteiger partial charge >= 0.3 is 0 Å². The number of amides is 11. The molecule has 0 aliphatic carbocycles. The SMILES string of the molecule is C/C=C/C[C@@H](C)[C@@H](O)[C@H]1C(=O)N[C@@H](CC)C(=O)N(C)CC(=O)N(C)[C@@H](C(C)C)C(=O)N[C@@H](C(C)C)C(=O)N(C)[C@@H](CC(C)C)C(=O)N[C@@H](C)C(=O)N[C@H](C)C(=O)N(C)[C@@H](CC(C)C)C(=O)N(C)[C@@H](CC(C)C)C(=O)N(C)[C@@H](C(C)C)C(=O)N1C. The first-order chi connectivity index (χ1) is 38.7. The van der Waals surface area contributed by atoms with E-state index in [2.05, 4.69) is 21.3 Å². The van der Waals surface area contributed by atoms with Crippen molar-refractivity contribution in [1.82, 2.24) is 55.6 Å². The van der Waals surface area contributed by atoms with Gasteiger partial charge in [0, 0.05) is 49.3 Å². The summed E-state index contributed by atoms with van der Waals surface area (Å²) < 4.78 is 0. The number of hydrogen-bond acceptors (Lipinski definition) is 12. The fourth-order valence-electron chi connectivity index (χ4n) is 10.7. The second-order valence-electron chi connectivity index (χ2n) is 25.6. The number of nitrogens with zero attached hydrogens (tertiary/aromatic N) is 7. The minimum absolute atomic E-state index is 0.0215. The van der Waals surface area contributed by atoms with Crippen molar-refractivity contribution >= 4 is 65.0 Å². The van der Waals surface area contributed by atoms with Gasteiger partial charge in [-0.3, -0.25) is 52.7 Å². The standard InChI is InChI=1S/C61H109N11O12/c1-25-27-28-39(15)51(74)50-55(78)64-42(26-2)57(80)66(18)32-46(73)70(22)48(37(11)12)54(77)65-47(36(9)10)60(83)67(19)43(29-33(3)4)53(76)62-40(16)52(75)63-41(17)56(79)68(20)44(30-34(5)6)58(81)69(21)45(31-35(7)8)59(82)71(23)49(38(13)14)61(84)72(50)24/h25,27,33-45,47-51,74H,26,28-32H2,1-24H3,(H,62,76)(H,63,75)(H,64,78)(H,65,77)/b27-25+/t39-,40+,41-,42+,43+,44+,45+,47+,48+,49+,50+,51-/m1/s1. The fourth-order valence-corrected chi connectivity index (χ4v) is 10.7. The molecule has 0 bridgehead atoms. The Hall–Kier alpha value is -6.13. The highest BCUT2D eigenvalue weighted by atomic mass is 16.3. The number of rotatable bonds is 14. The molecule has 1 rings (SSSR count). The maximum absolute atomic E-state index is 15.1. The number of likely N-dealkylation sites (N-methyl/N-ethyl adjacent to an activating group) is 7. The molecule has 23 nitrogen and oxygen atoms in total. The Morgan fingerprint density at radius 1 is 0.464 bits per heavy atom. The van der Waals surface area contributed by atoms with Crippen molar-refractivity contribution in [3.63, 3.8) is 0 Å². The number of aliphatic hydroxyl groups excluding tert-OH is 1. The van der Waals surface area contributed by atoms with Crippen LogP contribution in [0.1, 0.15) is 150 Å². The number of carbonyl (C=O) groups excluding carboxylic acids is 11. The number of aliphatic hydroxyl groups is 1. The van der Waals surface area contributed by atoms with E-state index in [0.29, 0.717) is 6.42 Å². The minimum atomic E-state index is -1.61. The summed E-state index contributed by atoms with van der Waals surface area (Å²) in [6.07, 6.45) is 2.88. The zero-order valence-corrected chi connectivity index (χ0v) is 55.4. The molecule has 1 fully saturated rings. The Labute approximate surface area is 502 Å². The van der Waals surface area contributed by atoms with Crippen molar-refractivity contribution in [2.24, 2.45) is 41.4 Å². The van der Waals surface area contributed by atoms with Gasteiger partial charge in [-0.25, -0.2) is 0 Å². The van der Waals surface area contributed by atoms with Gasteiger partial charge < -0.3 is 60.7 Å². The lowest BCUT2D eigenvalue weighted by Crippen LogP contribution is -2.63. The molecule has 12 atom stereocenters. The highest BCUT2D eigenvalue weighted by molar-refractivity contribution is 5.99. The maximum Gasteiger partial charge on any atom is 0.246 e. The third kappa shape index (κ3) is 20.5. The van der Waals surface area contributed by atoms with Crippen molar-refractivity contribution in [2.75, 3.05) is 55.9 Å². The van der Waals surface area contributed by atoms with Crippen molar-refractivity contribution < 1.29 is 57.8 Å². The molecule has 480 valence electrons. The fraction of sp³-hybridized carbons (Fsp3) is 0.787. The average molecular weight is 1190 g/mol. The molecule has 1 aliphatic rings. The van der Waals surface area contributed by atoms with Crippen molar-refractivity contribution in [3.8, 4) is 0 Å². The van der Waals surface area contributed by atoms with Gasteiger partial charge in [-0.2, -0.15) is 0 Å². The van der Waals surface area contributed by atoms with E-state index in [-0.39, 0.29) is 43.4 Å². The molecule has 5 N–H and O–H groups in total. The number of carbonyl (C=O) groups is 11. The van der Waals surface area contributed by atoms with Gasteiger partial charge in [0.15, 0.2) is 0 Å². The second-order valence-corrected chi connectivity index (χ2v) is 25.6. The van der Waals surface area contributed by atoms with Crippen molar-refractivity contribution in [3.05, 3.63) is 12.2 Å². The Morgan fingerprint density at radius 2 is 0.893 bits per heavy atom. The molecule has 11 amide bonds. The molecule has 0 spiro atoms. The van der Waals surface area contributed by atoms with Crippen molar-refractivity contribution in [2.45, 2.75) is 216 Å². The predicted octanol–water partition coefficient (Wildman–Crippen LogP) is 2.88. The van der Waals surface area contributed by atoms with E-state index in [1.807, 2.05) is 41.5 Å². The van der Waals surface area contributed by atoms with E-state index in [9.17, 15) is 48.3 Å². The minimum Gasteiger partial charge on any atom is -0.390 e. The van der Waals surface area contributed by atoms with E-state index in [1.54, 1.807) is 74.5 Å². The molecule has 0 aromatic heterocycles. The van der Waals surface area contributed by atoms with Gasteiger partial charge in [-0.1, -0.05) is 109 Å². The quantitative estimate of drug-likeness (QED) is 0.157. The molecule has 84 heavy (non-hydrogen) atoms. The van der Waals surface area contributed by atoms with Crippen LogP contribution in [-0.2, 0) is 52.7 Å². The summed E-state index contributed by atoms with van der Waals surface area (Å²) in [6.45, 7) is 29.0. The van der Waals surface area contributed by atoms with Gasteiger partial charge in [0.1, 0.15) is 60.4 Å². The lowest BCUT2D eigenvalue weighted by molar-refractivity contribution is -0.157. The first-order valence-electron chi connectivity index (χ1n) is 30.1. The molecular formula is C61H109N11O12. The van der Waals surface area contributed by atoms with E-state index in [1.165, 1.54) is 87.7 Å². The van der Waals surface area contributed by atoms with Gasteiger partial charge in [-0.05, 0) is 94.3 Å². The van der Waals surface area contributed by atoms with Gasteiger partial charge in [-0.15, -0.1) is 0 Å². The highest BCUT2D eigenvalue weighted by Gasteiger charge is 2.46. The maximum atomic E-state index is 15.1. The van der Waals surface area contributed by atoms with Crippen LogP contribution in [0.4, 0.5) is 0 Å². The monoisotopic (exact) mass is 1190 g/mol. The zero-order chi connectivity index (χ0) is 65.3. The van der Waals surface area contributed by atoms with Crippen LogP contribution in [0, 0.1) is 41.4 Å². The van der Waals surface area contributed by atoms with E-state index < -0.39 is 162 Å². The molecule has 0 saturated carbocycles. The van der Waals surface area contributed by atoms with Crippen LogP contribution in [0.25, 0.3) is 0 Å². The number of hydrogen-bond donors (Lipinski definition) is 5. The average Bonchev–Trinajstić information content (AvgIpc) is 3.42. The number of allylic oxidation sites excluding steroid dienone is 2. The van der Waals surface area contributed by atoms with Crippen LogP contribution >= 0.6 is 0 Å². The first kappa shape index (κ1) is 75.9. The number of nitrogens with one attached hydrogen (secondary N) is 4.